The fourth-order valence-corrected chi connectivity index (χ4v) is 3.48. The highest BCUT2D eigenvalue weighted by Crippen LogP contribution is 2.23. The summed E-state index contributed by atoms with van der Waals surface area (Å²) < 4.78 is 28.4. The number of aromatic nitrogens is 4. The van der Waals surface area contributed by atoms with Crippen molar-refractivity contribution in [2.24, 2.45) is 10.7 Å². The molecule has 0 unspecified atom stereocenters. The number of rotatable bonds is 6. The number of benzene rings is 1. The van der Waals surface area contributed by atoms with Gasteiger partial charge in [0.2, 0.25) is 0 Å². The number of fused-ring (bicyclic) bond motifs is 1. The lowest BCUT2D eigenvalue weighted by atomic mass is 10.1. The smallest absolute Gasteiger partial charge is 0.269 e. The Balaban J connectivity index is 1.61. The van der Waals surface area contributed by atoms with Crippen molar-refractivity contribution in [3.05, 3.63) is 81.2 Å². The molecule has 4 N–H and O–H groups in total. The number of nitrogens with one attached hydrogen (secondary N) is 2. The molecule has 1 aliphatic heterocycles. The summed E-state index contributed by atoms with van der Waals surface area (Å²) in [6.45, 7) is 1.86. The zero-order chi connectivity index (χ0) is 23.5. The molecule has 0 radical (unpaired) electrons. The van der Waals surface area contributed by atoms with Crippen molar-refractivity contribution in [2.45, 2.75) is 26.4 Å². The molecular formula is C22H21F2N7O2. The highest BCUT2D eigenvalue weighted by Gasteiger charge is 2.24. The number of hydrogen-bond donors (Lipinski definition) is 3. The lowest BCUT2D eigenvalue weighted by molar-refractivity contribution is -0.111. The lowest BCUT2D eigenvalue weighted by Gasteiger charge is -2.27. The van der Waals surface area contributed by atoms with Crippen molar-refractivity contribution in [3.8, 4) is 0 Å². The Bertz CT molecular complexity index is 1330. The summed E-state index contributed by atoms with van der Waals surface area (Å²) in [7, 11) is 0. The lowest BCUT2D eigenvalue weighted by Crippen LogP contribution is -2.34. The standard InChI is InChI=1S/C22H21F2N7O2/c1-12(32)19(26-9-13-4-2-3-5-15(13)23)8-17(25)20-27-10-16(24)21(28-20)31-7-6-18-14(11-31)22(33)30-29-18/h2-5,8,10H,6-7,9,11,25H2,1H3,(H2,29,30,33). The summed E-state index contributed by atoms with van der Waals surface area (Å²) in [6, 6.07) is 6.11. The molecule has 0 saturated carbocycles. The highest BCUT2D eigenvalue weighted by molar-refractivity contribution is 6.44. The zero-order valence-electron chi connectivity index (χ0n) is 17.7. The number of nitrogens with two attached hydrogens (primary N) is 1. The Morgan fingerprint density at radius 1 is 1.27 bits per heavy atom. The van der Waals surface area contributed by atoms with Gasteiger partial charge in [0.25, 0.3) is 5.56 Å². The molecule has 3 aromatic rings. The first kappa shape index (κ1) is 22.1. The van der Waals surface area contributed by atoms with Gasteiger partial charge in [0.1, 0.15) is 11.5 Å². The van der Waals surface area contributed by atoms with Gasteiger partial charge in [-0.05, 0) is 12.1 Å². The van der Waals surface area contributed by atoms with E-state index < -0.39 is 11.6 Å². The van der Waals surface area contributed by atoms with E-state index in [9.17, 15) is 18.4 Å². The van der Waals surface area contributed by atoms with Crippen LogP contribution in [0.5, 0.6) is 0 Å². The zero-order valence-corrected chi connectivity index (χ0v) is 17.7. The van der Waals surface area contributed by atoms with Gasteiger partial charge in [-0.1, -0.05) is 18.2 Å². The largest absolute Gasteiger partial charge is 0.396 e. The molecule has 4 rings (SSSR count). The fourth-order valence-electron chi connectivity index (χ4n) is 3.48. The van der Waals surface area contributed by atoms with Crippen molar-refractivity contribution < 1.29 is 13.6 Å². The number of carbonyl (C=O) groups is 1. The Labute approximate surface area is 187 Å². The molecule has 0 bridgehead atoms. The van der Waals surface area contributed by atoms with Crippen LogP contribution in [0.1, 0.15) is 29.6 Å². The molecule has 0 spiro atoms. The van der Waals surface area contributed by atoms with E-state index in [-0.39, 0.29) is 47.5 Å². The topological polar surface area (TPSA) is 133 Å². The van der Waals surface area contributed by atoms with E-state index >= 15 is 0 Å². The minimum absolute atomic E-state index is 0.0000154. The summed E-state index contributed by atoms with van der Waals surface area (Å²) in [6.07, 6.45) is 2.78. The predicted molar refractivity (Wildman–Crippen MR) is 119 cm³/mol. The molecule has 0 saturated heterocycles. The van der Waals surface area contributed by atoms with Crippen LogP contribution in [-0.4, -0.2) is 38.2 Å². The second-order valence-electron chi connectivity index (χ2n) is 7.52. The number of allylic oxidation sites excluding steroid dienone is 1. The van der Waals surface area contributed by atoms with Gasteiger partial charge in [-0.2, -0.15) is 0 Å². The summed E-state index contributed by atoms with van der Waals surface area (Å²) in [5.41, 5.74) is 7.46. The fraction of sp³-hybridized carbons (Fsp3) is 0.227. The molecule has 1 aliphatic rings. The van der Waals surface area contributed by atoms with E-state index in [1.54, 1.807) is 23.1 Å². The van der Waals surface area contributed by atoms with Crippen molar-refractivity contribution in [1.82, 2.24) is 20.2 Å². The third kappa shape index (κ3) is 4.71. The molecule has 9 nitrogen and oxygen atoms in total. The number of Topliss-reactive ketones (excluding diaryl/α,β-unsaturated/α-hetero) is 1. The van der Waals surface area contributed by atoms with Crippen molar-refractivity contribution >= 4 is 23.0 Å². The van der Waals surface area contributed by atoms with Gasteiger partial charge >= 0.3 is 0 Å². The number of carbonyl (C=O) groups excluding carboxylic acids is 1. The number of hydrogen-bond acceptors (Lipinski definition) is 7. The molecule has 170 valence electrons. The van der Waals surface area contributed by atoms with Crippen LogP contribution >= 0.6 is 0 Å². The van der Waals surface area contributed by atoms with E-state index in [2.05, 4.69) is 25.2 Å². The first-order valence-corrected chi connectivity index (χ1v) is 10.2. The van der Waals surface area contributed by atoms with Crippen LogP contribution in [0.15, 0.2) is 46.3 Å². The minimum atomic E-state index is -0.665. The number of halogens is 2. The molecule has 0 aliphatic carbocycles. The van der Waals surface area contributed by atoms with Crippen LogP contribution in [0, 0.1) is 11.6 Å². The molecule has 1 aromatic carbocycles. The van der Waals surface area contributed by atoms with Crippen LogP contribution in [0.3, 0.4) is 0 Å². The van der Waals surface area contributed by atoms with E-state index in [1.165, 1.54) is 19.1 Å². The summed E-state index contributed by atoms with van der Waals surface area (Å²) in [4.78, 5) is 37.9. The van der Waals surface area contributed by atoms with Crippen molar-refractivity contribution in [3.63, 3.8) is 0 Å². The van der Waals surface area contributed by atoms with Crippen molar-refractivity contribution in [2.75, 3.05) is 11.4 Å². The molecule has 33 heavy (non-hydrogen) atoms. The Morgan fingerprint density at radius 3 is 2.82 bits per heavy atom. The second kappa shape index (κ2) is 9.15. The van der Waals surface area contributed by atoms with Gasteiger partial charge in [-0.25, -0.2) is 18.7 Å². The SMILES string of the molecule is CC(=O)C(C=C(N)c1ncc(F)c(N2CCc3[nH][nH]c(=O)c3C2)n1)=NCc1ccccc1F. The number of aromatic amines is 2. The van der Waals surface area contributed by atoms with Crippen LogP contribution in [0.2, 0.25) is 0 Å². The third-order valence-corrected chi connectivity index (χ3v) is 5.26. The van der Waals surface area contributed by atoms with Crippen LogP contribution in [0.4, 0.5) is 14.6 Å². The maximum Gasteiger partial charge on any atom is 0.269 e. The molecule has 0 fully saturated rings. The molecule has 3 heterocycles. The molecular weight excluding hydrogens is 432 g/mol. The monoisotopic (exact) mass is 453 g/mol. The van der Waals surface area contributed by atoms with Gasteiger partial charge in [0.15, 0.2) is 23.2 Å². The minimum Gasteiger partial charge on any atom is -0.396 e. The maximum atomic E-state index is 14.5. The predicted octanol–water partition coefficient (Wildman–Crippen LogP) is 1.86. The van der Waals surface area contributed by atoms with Crippen LogP contribution in [0.25, 0.3) is 5.70 Å². The maximum absolute atomic E-state index is 14.5. The highest BCUT2D eigenvalue weighted by atomic mass is 19.1. The number of ketones is 1. The van der Waals surface area contributed by atoms with Gasteiger partial charge < -0.3 is 15.7 Å². The Kier molecular flexibility index (Phi) is 6.11. The normalized spacial score (nSPS) is 14.3. The number of nitrogens with zero attached hydrogens (tertiary/aromatic N) is 4. The first-order valence-electron chi connectivity index (χ1n) is 10.2. The Morgan fingerprint density at radius 2 is 2.06 bits per heavy atom. The van der Waals surface area contributed by atoms with Gasteiger partial charge in [-0.15, -0.1) is 0 Å². The number of H-pyrrole nitrogens is 2. The molecule has 11 heteroatoms. The van der Waals surface area contributed by atoms with Gasteiger partial charge in [-0.3, -0.25) is 19.7 Å². The first-order chi connectivity index (χ1) is 15.8. The van der Waals surface area contributed by atoms with Crippen LogP contribution in [-0.2, 0) is 24.3 Å². The number of anilines is 1. The van der Waals surface area contributed by atoms with E-state index in [0.29, 0.717) is 24.1 Å². The Hall–Kier alpha value is -4.15. The number of aliphatic imine (C=N–C) groups is 1. The van der Waals surface area contributed by atoms with Gasteiger partial charge in [0.05, 0.1) is 30.5 Å². The average Bonchev–Trinajstić information content (AvgIpc) is 3.17. The second-order valence-corrected chi connectivity index (χ2v) is 7.52. The summed E-state index contributed by atoms with van der Waals surface area (Å²) in [5.74, 6) is -1.48. The van der Waals surface area contributed by atoms with Crippen molar-refractivity contribution in [1.29, 1.82) is 0 Å². The molecule has 2 aromatic heterocycles. The quantitative estimate of drug-likeness (QED) is 0.488. The summed E-state index contributed by atoms with van der Waals surface area (Å²) >= 11 is 0. The van der Waals surface area contributed by atoms with E-state index in [4.69, 9.17) is 5.73 Å². The molecule has 0 amide bonds. The third-order valence-electron chi connectivity index (χ3n) is 5.26. The van der Waals surface area contributed by atoms with Crippen LogP contribution < -0.4 is 16.2 Å². The van der Waals surface area contributed by atoms with Gasteiger partial charge in [0, 0.05) is 31.1 Å². The summed E-state index contributed by atoms with van der Waals surface area (Å²) in [5, 5.41) is 5.34. The van der Waals surface area contributed by atoms with E-state index in [0.717, 1.165) is 11.9 Å². The average molecular weight is 453 g/mol. The van der Waals surface area contributed by atoms with E-state index in [1.807, 2.05) is 0 Å². The molecule has 0 atom stereocenters.